The van der Waals surface area contributed by atoms with Gasteiger partial charge in [-0.2, -0.15) is 21.5 Å². The monoisotopic (exact) mass is 370 g/mol. The molecule has 1 saturated carbocycles. The van der Waals surface area contributed by atoms with Gasteiger partial charge in [-0.15, -0.1) is 0 Å². The Morgan fingerprint density at radius 1 is 1.31 bits per heavy atom. The summed E-state index contributed by atoms with van der Waals surface area (Å²) in [6.45, 7) is 3.83. The molecule has 3 heterocycles. The molecule has 2 amide bonds. The number of carbonyl (C=O) groups is 2. The molecule has 7 heteroatoms. The Balaban J connectivity index is 1.38. The summed E-state index contributed by atoms with van der Waals surface area (Å²) in [7, 11) is 0. The third kappa shape index (κ3) is 3.23. The minimum atomic E-state index is 0.0219. The summed E-state index contributed by atoms with van der Waals surface area (Å²) in [5.74, 6) is 0.160. The number of aromatic nitrogens is 2. The molecular weight excluding hydrogens is 348 g/mol. The third-order valence-corrected chi connectivity index (χ3v) is 6.47. The van der Waals surface area contributed by atoms with E-state index < -0.39 is 0 Å². The van der Waals surface area contributed by atoms with E-state index in [1.165, 1.54) is 11.8 Å². The molecule has 1 aliphatic carbocycles. The second-order valence-corrected chi connectivity index (χ2v) is 8.06. The lowest BCUT2D eigenvalue weighted by atomic mass is 9.92. The van der Waals surface area contributed by atoms with Crippen LogP contribution in [0.1, 0.15) is 42.1 Å². The largest absolute Gasteiger partial charge is 0.339 e. The third-order valence-electron chi connectivity index (χ3n) is 5.74. The highest BCUT2D eigenvalue weighted by atomic mass is 32.1. The molecule has 0 bridgehead atoms. The predicted molar refractivity (Wildman–Crippen MR) is 98.6 cm³/mol. The van der Waals surface area contributed by atoms with E-state index in [-0.39, 0.29) is 17.2 Å². The number of rotatable bonds is 4. The van der Waals surface area contributed by atoms with Gasteiger partial charge in [-0.1, -0.05) is 0 Å². The quantitative estimate of drug-likeness (QED) is 0.830. The van der Waals surface area contributed by atoms with Crippen LogP contribution in [0.2, 0.25) is 0 Å². The van der Waals surface area contributed by atoms with Crippen molar-refractivity contribution in [2.45, 2.75) is 38.8 Å². The molecule has 4 rings (SSSR count). The van der Waals surface area contributed by atoms with Crippen LogP contribution in [-0.2, 0) is 11.3 Å². The zero-order valence-electron chi connectivity index (χ0n) is 14.8. The first kappa shape index (κ1) is 17.1. The highest BCUT2D eigenvalue weighted by Gasteiger charge is 2.58. The van der Waals surface area contributed by atoms with Crippen LogP contribution in [0, 0.1) is 5.41 Å². The number of likely N-dealkylation sites (tertiary alicyclic amines) is 1. The van der Waals surface area contributed by atoms with E-state index in [1.54, 1.807) is 30.5 Å². The molecule has 2 aliphatic rings. The molecule has 0 N–H and O–H groups in total. The second-order valence-electron chi connectivity index (χ2n) is 7.28. The first-order valence-corrected chi connectivity index (χ1v) is 9.88. The minimum absolute atomic E-state index is 0.0219. The van der Waals surface area contributed by atoms with Crippen molar-refractivity contribution in [1.82, 2.24) is 20.0 Å². The second kappa shape index (κ2) is 6.79. The SMILES string of the molecule is CC(=O)N(Cc1ccsc1)[C@@H]1CC12CCN(C(=O)c1ccnnc1)CC2. The van der Waals surface area contributed by atoms with Crippen LogP contribution in [-0.4, -0.2) is 50.9 Å². The van der Waals surface area contributed by atoms with E-state index in [1.807, 2.05) is 15.2 Å². The molecule has 26 heavy (non-hydrogen) atoms. The van der Waals surface area contributed by atoms with Crippen molar-refractivity contribution in [3.8, 4) is 0 Å². The minimum Gasteiger partial charge on any atom is -0.339 e. The van der Waals surface area contributed by atoms with Crippen molar-refractivity contribution in [3.63, 3.8) is 0 Å². The highest BCUT2D eigenvalue weighted by Crippen LogP contribution is 2.57. The molecule has 136 valence electrons. The number of carbonyl (C=O) groups excluding carboxylic acids is 2. The van der Waals surface area contributed by atoms with E-state index in [9.17, 15) is 9.59 Å². The molecule has 0 aromatic carbocycles. The Kier molecular flexibility index (Phi) is 4.48. The number of hydrogen-bond donors (Lipinski definition) is 0. The van der Waals surface area contributed by atoms with Crippen molar-refractivity contribution in [3.05, 3.63) is 46.4 Å². The Bertz CT molecular complexity index is 785. The van der Waals surface area contributed by atoms with E-state index in [4.69, 9.17) is 0 Å². The molecule has 2 aromatic heterocycles. The van der Waals surface area contributed by atoms with Crippen LogP contribution in [0.25, 0.3) is 0 Å². The van der Waals surface area contributed by atoms with Gasteiger partial charge in [-0.05, 0) is 53.1 Å². The van der Waals surface area contributed by atoms with Crippen molar-refractivity contribution in [2.24, 2.45) is 5.41 Å². The lowest BCUT2D eigenvalue weighted by Crippen LogP contribution is -2.42. The van der Waals surface area contributed by atoms with Gasteiger partial charge in [0.25, 0.3) is 5.91 Å². The summed E-state index contributed by atoms with van der Waals surface area (Å²) in [6, 6.07) is 4.09. The van der Waals surface area contributed by atoms with Crippen LogP contribution < -0.4 is 0 Å². The topological polar surface area (TPSA) is 66.4 Å². The summed E-state index contributed by atoms with van der Waals surface area (Å²) < 4.78 is 0. The zero-order valence-corrected chi connectivity index (χ0v) is 15.6. The van der Waals surface area contributed by atoms with Crippen LogP contribution in [0.4, 0.5) is 0 Å². The lowest BCUT2D eigenvalue weighted by Gasteiger charge is -2.34. The number of nitrogens with zero attached hydrogens (tertiary/aromatic N) is 4. The van der Waals surface area contributed by atoms with Crippen molar-refractivity contribution in [2.75, 3.05) is 13.1 Å². The predicted octanol–water partition coefficient (Wildman–Crippen LogP) is 2.58. The fourth-order valence-electron chi connectivity index (χ4n) is 4.08. The Morgan fingerprint density at radius 3 is 2.73 bits per heavy atom. The van der Waals surface area contributed by atoms with Gasteiger partial charge < -0.3 is 9.80 Å². The average Bonchev–Trinajstić information content (AvgIpc) is 3.09. The molecule has 1 spiro atoms. The fourth-order valence-corrected chi connectivity index (χ4v) is 4.74. The maximum Gasteiger partial charge on any atom is 0.255 e. The van der Waals surface area contributed by atoms with Crippen LogP contribution in [0.3, 0.4) is 0 Å². The summed E-state index contributed by atoms with van der Waals surface area (Å²) in [5, 5.41) is 11.7. The first-order valence-electron chi connectivity index (χ1n) is 8.93. The summed E-state index contributed by atoms with van der Waals surface area (Å²) >= 11 is 1.66. The molecule has 1 atom stereocenters. The van der Waals surface area contributed by atoms with Crippen molar-refractivity contribution in [1.29, 1.82) is 0 Å². The molecule has 2 aromatic rings. The summed E-state index contributed by atoms with van der Waals surface area (Å²) in [6.07, 6.45) is 6.02. The molecule has 1 saturated heterocycles. The Hall–Kier alpha value is -2.28. The first-order chi connectivity index (χ1) is 12.6. The molecular formula is C19H22N4O2S. The van der Waals surface area contributed by atoms with Crippen molar-refractivity contribution >= 4 is 23.2 Å². The molecule has 0 radical (unpaired) electrons. The lowest BCUT2D eigenvalue weighted by molar-refractivity contribution is -0.130. The number of hydrogen-bond acceptors (Lipinski definition) is 5. The molecule has 0 unspecified atom stereocenters. The summed E-state index contributed by atoms with van der Waals surface area (Å²) in [4.78, 5) is 28.7. The van der Waals surface area contributed by atoms with Crippen LogP contribution in [0.15, 0.2) is 35.3 Å². The van der Waals surface area contributed by atoms with E-state index in [0.29, 0.717) is 18.2 Å². The van der Waals surface area contributed by atoms with Crippen LogP contribution in [0.5, 0.6) is 0 Å². The number of piperidine rings is 1. The van der Waals surface area contributed by atoms with Gasteiger partial charge in [0.1, 0.15) is 0 Å². The smallest absolute Gasteiger partial charge is 0.255 e. The molecule has 2 fully saturated rings. The van der Waals surface area contributed by atoms with Gasteiger partial charge in [0.15, 0.2) is 0 Å². The van der Waals surface area contributed by atoms with Gasteiger partial charge >= 0.3 is 0 Å². The van der Waals surface area contributed by atoms with Gasteiger partial charge in [0, 0.05) is 32.6 Å². The number of amides is 2. The molecule has 6 nitrogen and oxygen atoms in total. The summed E-state index contributed by atoms with van der Waals surface area (Å²) in [5.41, 5.74) is 1.98. The maximum absolute atomic E-state index is 12.6. The number of thiophene rings is 1. The maximum atomic E-state index is 12.6. The standard InChI is InChI=1S/C19H22N4O2S/c1-14(24)23(12-15-3-9-26-13-15)17-10-19(17)4-7-22(8-5-19)18(25)16-2-6-20-21-11-16/h2-3,6,9,11,13,17H,4-5,7-8,10,12H2,1H3/t17-/m1/s1. The normalized spacial score (nSPS) is 20.8. The Morgan fingerprint density at radius 2 is 2.12 bits per heavy atom. The van der Waals surface area contributed by atoms with Gasteiger partial charge in [-0.25, -0.2) is 0 Å². The van der Waals surface area contributed by atoms with Crippen LogP contribution >= 0.6 is 11.3 Å². The van der Waals surface area contributed by atoms with Gasteiger partial charge in [0.2, 0.25) is 5.91 Å². The highest BCUT2D eigenvalue weighted by molar-refractivity contribution is 7.07. The van der Waals surface area contributed by atoms with E-state index >= 15 is 0 Å². The van der Waals surface area contributed by atoms with Gasteiger partial charge in [-0.3, -0.25) is 9.59 Å². The fraction of sp³-hybridized carbons (Fsp3) is 0.474. The molecule has 1 aliphatic heterocycles. The van der Waals surface area contributed by atoms with E-state index in [2.05, 4.69) is 21.6 Å². The van der Waals surface area contributed by atoms with Crippen molar-refractivity contribution < 1.29 is 9.59 Å². The zero-order chi connectivity index (χ0) is 18.1. The van der Waals surface area contributed by atoms with E-state index in [0.717, 1.165) is 32.4 Å². The van der Waals surface area contributed by atoms with Gasteiger partial charge in [0.05, 0.1) is 18.0 Å². The Labute approximate surface area is 156 Å². The average molecular weight is 370 g/mol.